The smallest absolute Gasteiger partial charge is 0.234 e. The third-order valence-electron chi connectivity index (χ3n) is 0.683. The summed E-state index contributed by atoms with van der Waals surface area (Å²) in [6, 6.07) is 0. The van der Waals surface area contributed by atoms with Crippen molar-refractivity contribution in [3.63, 3.8) is 0 Å². The maximum absolute atomic E-state index is 9.44. The molecule has 0 saturated heterocycles. The van der Waals surface area contributed by atoms with Gasteiger partial charge in [-0.1, -0.05) is 0 Å². The van der Waals surface area contributed by atoms with Gasteiger partial charge in [-0.3, -0.25) is 0 Å². The quantitative estimate of drug-likeness (QED) is 0.213. The normalized spacial score (nSPS) is 8.50. The van der Waals surface area contributed by atoms with Gasteiger partial charge in [0.1, 0.15) is 10.5 Å². The molecule has 0 spiro atoms. The van der Waals surface area contributed by atoms with Crippen molar-refractivity contribution in [3.8, 4) is 0 Å². The van der Waals surface area contributed by atoms with Gasteiger partial charge in [0.25, 0.3) is 0 Å². The molecule has 0 aliphatic heterocycles. The van der Waals surface area contributed by atoms with E-state index in [-0.39, 0.29) is 0 Å². The second-order valence-corrected chi connectivity index (χ2v) is 1.90. The first-order chi connectivity index (χ1) is 3.91. The van der Waals surface area contributed by atoms with Gasteiger partial charge < -0.3 is 4.43 Å². The second-order valence-electron chi connectivity index (χ2n) is 1.32. The molecule has 0 amide bonds. The van der Waals surface area contributed by atoms with Crippen LogP contribution in [0, 0.1) is 0 Å². The molecule has 4 heteroatoms. The molecule has 0 heterocycles. The first-order valence-corrected chi connectivity index (χ1v) is 3.26. The third-order valence-corrected chi connectivity index (χ3v) is 1.09. The predicted molar refractivity (Wildman–Crippen MR) is 33.5 cm³/mol. The topological polar surface area (TPSA) is 38.7 Å². The maximum Gasteiger partial charge on any atom is 0.234 e. The zero-order valence-electron chi connectivity index (χ0n) is 4.89. The number of aliphatic imine (C=N–C) groups is 1. The van der Waals surface area contributed by atoms with Crippen LogP contribution >= 0.6 is 0 Å². The maximum atomic E-state index is 9.44. The Morgan fingerprint density at radius 1 is 1.75 bits per heavy atom. The predicted octanol–water partition coefficient (Wildman–Crippen LogP) is -0.991. The highest BCUT2D eigenvalue weighted by Gasteiger charge is 1.79. The molecule has 0 atom stereocenters. The third kappa shape index (κ3) is 5.56. The van der Waals surface area contributed by atoms with Crippen molar-refractivity contribution < 1.29 is 9.22 Å². The Bertz CT molecular complexity index is 90.0. The molecule has 8 heavy (non-hydrogen) atoms. The van der Waals surface area contributed by atoms with Crippen LogP contribution < -0.4 is 0 Å². The minimum absolute atomic E-state index is 0.547. The summed E-state index contributed by atoms with van der Waals surface area (Å²) in [4.78, 5) is 12.8. The van der Waals surface area contributed by atoms with Gasteiger partial charge in [0, 0.05) is 6.61 Å². The average molecular weight is 131 g/mol. The van der Waals surface area contributed by atoms with Crippen LogP contribution in [-0.4, -0.2) is 29.7 Å². The fourth-order valence-corrected chi connectivity index (χ4v) is 0.622. The van der Waals surface area contributed by atoms with Gasteiger partial charge in [-0.15, -0.1) is 0 Å². The lowest BCUT2D eigenvalue weighted by Crippen LogP contribution is -1.91. The lowest BCUT2D eigenvalue weighted by Gasteiger charge is -1.90. The summed E-state index contributed by atoms with van der Waals surface area (Å²) >= 11 is 0. The summed E-state index contributed by atoms with van der Waals surface area (Å²) in [6.07, 6.45) is 2.29. The van der Waals surface area contributed by atoms with E-state index in [1.165, 1.54) is 6.08 Å². The van der Waals surface area contributed by atoms with Crippen LogP contribution in [0.4, 0.5) is 0 Å². The summed E-state index contributed by atoms with van der Waals surface area (Å²) in [5, 5.41) is 0. The lowest BCUT2D eigenvalue weighted by atomic mass is 10.5. The number of hydrogen-bond donors (Lipinski definition) is 0. The van der Waals surface area contributed by atoms with Crippen molar-refractivity contribution >= 4 is 16.6 Å². The highest BCUT2D eigenvalue weighted by molar-refractivity contribution is 5.97. The summed E-state index contributed by atoms with van der Waals surface area (Å²) in [6.45, 7) is 1.27. The van der Waals surface area contributed by atoms with Crippen LogP contribution in [0.15, 0.2) is 4.99 Å². The van der Waals surface area contributed by atoms with Gasteiger partial charge in [0.15, 0.2) is 0 Å². The fraction of sp³-hybridized carbons (Fsp3) is 0.750. The number of carbonyl (C=O) groups excluding carboxylic acids is 1. The standard InChI is InChI=1S/C4H9NO2Si/c6-4-5-2-1-3-7-8/h1-3H2,8H3. The Balaban J connectivity index is 2.82. The Kier molecular flexibility index (Phi) is 6.19. The Hall–Kier alpha value is -0.443. The van der Waals surface area contributed by atoms with Crippen LogP contribution in [-0.2, 0) is 9.22 Å². The molecule has 46 valence electrons. The van der Waals surface area contributed by atoms with Crippen LogP contribution in [0.3, 0.4) is 0 Å². The Labute approximate surface area is 51.3 Å². The van der Waals surface area contributed by atoms with E-state index >= 15 is 0 Å². The van der Waals surface area contributed by atoms with Crippen molar-refractivity contribution in [2.24, 2.45) is 4.99 Å². The molecule has 0 N–H and O–H groups in total. The van der Waals surface area contributed by atoms with Gasteiger partial charge in [0.05, 0.1) is 6.54 Å². The molecule has 0 rings (SSSR count). The van der Waals surface area contributed by atoms with Gasteiger partial charge in [-0.05, 0) is 6.42 Å². The highest BCUT2D eigenvalue weighted by Crippen LogP contribution is 1.77. The molecule has 0 radical (unpaired) electrons. The zero-order chi connectivity index (χ0) is 6.24. The zero-order valence-corrected chi connectivity index (χ0v) is 6.89. The molecule has 0 aliphatic rings. The molecule has 0 saturated carbocycles. The van der Waals surface area contributed by atoms with Crippen molar-refractivity contribution in [1.82, 2.24) is 0 Å². The molecule has 0 aromatic rings. The summed E-state index contributed by atoms with van der Waals surface area (Å²) in [5.41, 5.74) is 0. The first-order valence-electron chi connectivity index (χ1n) is 2.44. The molecule has 0 unspecified atom stereocenters. The highest BCUT2D eigenvalue weighted by atomic mass is 28.2. The van der Waals surface area contributed by atoms with Crippen molar-refractivity contribution in [2.45, 2.75) is 6.42 Å². The van der Waals surface area contributed by atoms with Crippen molar-refractivity contribution in [3.05, 3.63) is 0 Å². The molecule has 0 aromatic heterocycles. The van der Waals surface area contributed by atoms with E-state index in [0.29, 0.717) is 6.54 Å². The monoisotopic (exact) mass is 131 g/mol. The number of nitrogens with zero attached hydrogens (tertiary/aromatic N) is 1. The number of isocyanates is 1. The van der Waals surface area contributed by atoms with Gasteiger partial charge in [0.2, 0.25) is 6.08 Å². The van der Waals surface area contributed by atoms with E-state index in [1.807, 2.05) is 0 Å². The van der Waals surface area contributed by atoms with Crippen molar-refractivity contribution in [1.29, 1.82) is 0 Å². The molecule has 0 aromatic carbocycles. The van der Waals surface area contributed by atoms with E-state index in [2.05, 4.69) is 4.99 Å². The molecule has 0 bridgehead atoms. The fourth-order valence-electron chi connectivity index (χ4n) is 0.334. The minimum atomic E-state index is 0.547. The molecule has 3 nitrogen and oxygen atoms in total. The number of rotatable bonds is 4. The minimum Gasteiger partial charge on any atom is -0.428 e. The van der Waals surface area contributed by atoms with Gasteiger partial charge in [-0.25, -0.2) is 9.79 Å². The summed E-state index contributed by atoms with van der Waals surface area (Å²) in [5.74, 6) is 0. The summed E-state index contributed by atoms with van der Waals surface area (Å²) < 4.78 is 4.84. The Morgan fingerprint density at radius 3 is 3.00 bits per heavy atom. The van der Waals surface area contributed by atoms with E-state index in [1.54, 1.807) is 0 Å². The van der Waals surface area contributed by atoms with E-state index < -0.39 is 0 Å². The van der Waals surface area contributed by atoms with Gasteiger partial charge >= 0.3 is 0 Å². The lowest BCUT2D eigenvalue weighted by molar-refractivity contribution is 0.344. The van der Waals surface area contributed by atoms with E-state index in [9.17, 15) is 4.79 Å². The molecular weight excluding hydrogens is 122 g/mol. The van der Waals surface area contributed by atoms with Crippen LogP contribution in [0.25, 0.3) is 0 Å². The summed E-state index contributed by atoms with van der Waals surface area (Å²) in [7, 11) is 0.767. The van der Waals surface area contributed by atoms with Crippen molar-refractivity contribution in [2.75, 3.05) is 13.2 Å². The van der Waals surface area contributed by atoms with E-state index in [0.717, 1.165) is 23.5 Å². The van der Waals surface area contributed by atoms with Crippen LogP contribution in [0.1, 0.15) is 6.42 Å². The first kappa shape index (κ1) is 7.56. The SMILES string of the molecule is O=C=NCCCO[SiH3]. The second kappa shape index (κ2) is 6.56. The van der Waals surface area contributed by atoms with Gasteiger partial charge in [-0.2, -0.15) is 0 Å². The Morgan fingerprint density at radius 2 is 2.50 bits per heavy atom. The van der Waals surface area contributed by atoms with Crippen LogP contribution in [0.2, 0.25) is 0 Å². The molecule has 0 aliphatic carbocycles. The molecule has 0 fully saturated rings. The molecular formula is C4H9NO2Si. The average Bonchev–Trinajstić information content (AvgIpc) is 1.81. The number of hydrogen-bond acceptors (Lipinski definition) is 3. The largest absolute Gasteiger partial charge is 0.428 e. The van der Waals surface area contributed by atoms with E-state index in [4.69, 9.17) is 4.43 Å². The van der Waals surface area contributed by atoms with Crippen LogP contribution in [0.5, 0.6) is 0 Å².